The van der Waals surface area contributed by atoms with Gasteiger partial charge in [0.15, 0.2) is 5.15 Å². The van der Waals surface area contributed by atoms with Gasteiger partial charge in [-0.3, -0.25) is 0 Å². The molecule has 76 valence electrons. The molecule has 2 aliphatic rings. The maximum atomic E-state index is 8.97. The van der Waals surface area contributed by atoms with Gasteiger partial charge in [0.1, 0.15) is 11.6 Å². The van der Waals surface area contributed by atoms with Crippen molar-refractivity contribution in [1.29, 1.82) is 5.26 Å². The molecular formula is C7H3ClN4OS2. The van der Waals surface area contributed by atoms with Crippen LogP contribution in [0, 0.1) is 11.3 Å². The number of furan rings is 1. The van der Waals surface area contributed by atoms with Gasteiger partial charge in [0.2, 0.25) is 11.4 Å². The average Bonchev–Trinajstić information content (AvgIpc) is 2.57. The van der Waals surface area contributed by atoms with Crippen LogP contribution < -0.4 is 5.55 Å². The SMILES string of the molecule is CS/N=c1\oc2nsnc(Cl)c-2c1C#N. The van der Waals surface area contributed by atoms with E-state index in [-0.39, 0.29) is 16.3 Å². The molecular weight excluding hydrogens is 256 g/mol. The van der Waals surface area contributed by atoms with E-state index in [0.29, 0.717) is 11.5 Å². The molecule has 0 aromatic heterocycles. The first-order valence-electron chi connectivity index (χ1n) is 3.70. The Morgan fingerprint density at radius 2 is 2.40 bits per heavy atom. The molecule has 15 heavy (non-hydrogen) atoms. The molecule has 0 aromatic carbocycles. The summed E-state index contributed by atoms with van der Waals surface area (Å²) in [5, 5.41) is 9.18. The van der Waals surface area contributed by atoms with Crippen LogP contribution in [-0.2, 0) is 0 Å². The minimum atomic E-state index is 0.216. The number of rotatable bonds is 1. The Hall–Kier alpha value is -1.10. The number of fused-ring (bicyclic) bond motifs is 1. The lowest BCUT2D eigenvalue weighted by molar-refractivity contribution is 0.522. The molecule has 8 heteroatoms. The third-order valence-electron chi connectivity index (χ3n) is 1.61. The van der Waals surface area contributed by atoms with Crippen molar-refractivity contribution in [2.75, 3.05) is 6.26 Å². The predicted octanol–water partition coefficient (Wildman–Crippen LogP) is 1.94. The van der Waals surface area contributed by atoms with Crippen molar-refractivity contribution >= 4 is 35.3 Å². The van der Waals surface area contributed by atoms with Gasteiger partial charge < -0.3 is 4.42 Å². The van der Waals surface area contributed by atoms with Gasteiger partial charge >= 0.3 is 0 Å². The molecule has 2 aliphatic heterocycles. The van der Waals surface area contributed by atoms with Crippen molar-refractivity contribution in [2.45, 2.75) is 0 Å². The van der Waals surface area contributed by atoms with E-state index >= 15 is 0 Å². The molecule has 0 saturated heterocycles. The summed E-state index contributed by atoms with van der Waals surface area (Å²) in [5.74, 6) is 0.296. The highest BCUT2D eigenvalue weighted by Gasteiger charge is 2.22. The fourth-order valence-electron chi connectivity index (χ4n) is 1.05. The smallest absolute Gasteiger partial charge is 0.247 e. The number of nitrogens with zero attached hydrogens (tertiary/aromatic N) is 4. The summed E-state index contributed by atoms with van der Waals surface area (Å²) in [5.41, 5.74) is 0.928. The Kier molecular flexibility index (Phi) is 2.90. The molecule has 0 aromatic rings. The van der Waals surface area contributed by atoms with Crippen LogP contribution in [0.15, 0.2) is 8.81 Å². The highest BCUT2D eigenvalue weighted by molar-refractivity contribution is 7.97. The standard InChI is InChI=1S/C7H3ClN4OS2/c1-14-11-6-3(2-9)4-5(8)10-15-12-7(4)13-6/h1H3/b11-6-. The minimum absolute atomic E-state index is 0.216. The van der Waals surface area contributed by atoms with Crippen molar-refractivity contribution < 1.29 is 4.42 Å². The van der Waals surface area contributed by atoms with Crippen LogP contribution in [0.5, 0.6) is 0 Å². The first-order valence-corrected chi connectivity index (χ1v) is 5.99. The van der Waals surface area contributed by atoms with Crippen molar-refractivity contribution in [3.63, 3.8) is 0 Å². The summed E-state index contributed by atoms with van der Waals surface area (Å²) < 4.78 is 17.0. The molecule has 0 radical (unpaired) electrons. The lowest BCUT2D eigenvalue weighted by atomic mass is 10.2. The molecule has 0 saturated carbocycles. The third kappa shape index (κ3) is 1.71. The van der Waals surface area contributed by atoms with E-state index in [1.807, 2.05) is 6.07 Å². The monoisotopic (exact) mass is 258 g/mol. The van der Waals surface area contributed by atoms with Gasteiger partial charge in [-0.05, 0) is 11.9 Å². The van der Waals surface area contributed by atoms with Gasteiger partial charge in [0.05, 0.1) is 17.3 Å². The molecule has 0 amide bonds. The van der Waals surface area contributed by atoms with Crippen LogP contribution >= 0.6 is 35.3 Å². The maximum absolute atomic E-state index is 8.97. The molecule has 5 nitrogen and oxygen atoms in total. The molecule has 0 atom stereocenters. The molecule has 0 aliphatic carbocycles. The number of hydrogen-bond acceptors (Lipinski definition) is 7. The van der Waals surface area contributed by atoms with Crippen LogP contribution in [0.2, 0.25) is 5.15 Å². The normalized spacial score (nSPS) is 11.9. The Balaban J connectivity index is 2.87. The van der Waals surface area contributed by atoms with Crippen molar-refractivity contribution in [3.8, 4) is 17.5 Å². The number of nitriles is 1. The van der Waals surface area contributed by atoms with Crippen molar-refractivity contribution in [1.82, 2.24) is 8.75 Å². The van der Waals surface area contributed by atoms with Crippen LogP contribution in [0.3, 0.4) is 0 Å². The second-order valence-corrected chi connectivity index (χ2v) is 3.84. The molecule has 0 unspecified atom stereocenters. The second kappa shape index (κ2) is 4.18. The Bertz CT molecular complexity index is 569. The molecule has 2 rings (SSSR count). The zero-order chi connectivity index (χ0) is 10.8. The molecule has 0 fully saturated rings. The first-order chi connectivity index (χ1) is 7.27. The highest BCUT2D eigenvalue weighted by atomic mass is 35.5. The third-order valence-corrected chi connectivity index (χ3v) is 2.84. The minimum Gasteiger partial charge on any atom is -0.417 e. The van der Waals surface area contributed by atoms with Crippen molar-refractivity contribution in [2.24, 2.45) is 4.40 Å². The summed E-state index contributed by atoms with van der Waals surface area (Å²) in [6.07, 6.45) is 1.77. The van der Waals surface area contributed by atoms with E-state index in [0.717, 1.165) is 11.7 Å². The summed E-state index contributed by atoms with van der Waals surface area (Å²) >= 11 is 7.98. The van der Waals surface area contributed by atoms with Gasteiger partial charge in [0.25, 0.3) is 0 Å². The van der Waals surface area contributed by atoms with E-state index in [1.165, 1.54) is 11.9 Å². The van der Waals surface area contributed by atoms with Gasteiger partial charge in [-0.15, -0.1) is 4.37 Å². The lowest BCUT2D eigenvalue weighted by Crippen LogP contribution is -1.98. The van der Waals surface area contributed by atoms with E-state index in [4.69, 9.17) is 21.3 Å². The van der Waals surface area contributed by atoms with Gasteiger partial charge in [-0.25, -0.2) is 0 Å². The summed E-state index contributed by atoms with van der Waals surface area (Å²) in [7, 11) is 0. The summed E-state index contributed by atoms with van der Waals surface area (Å²) in [6.45, 7) is 0. The van der Waals surface area contributed by atoms with E-state index in [1.54, 1.807) is 6.26 Å². The van der Waals surface area contributed by atoms with Crippen LogP contribution in [0.1, 0.15) is 5.56 Å². The van der Waals surface area contributed by atoms with Crippen LogP contribution in [-0.4, -0.2) is 15.0 Å². The Morgan fingerprint density at radius 3 is 3.07 bits per heavy atom. The number of aromatic nitrogens is 2. The summed E-state index contributed by atoms with van der Waals surface area (Å²) in [6, 6.07) is 1.98. The van der Waals surface area contributed by atoms with Gasteiger partial charge in [-0.2, -0.15) is 14.0 Å². The predicted molar refractivity (Wildman–Crippen MR) is 57.6 cm³/mol. The van der Waals surface area contributed by atoms with E-state index in [9.17, 15) is 0 Å². The largest absolute Gasteiger partial charge is 0.417 e. The van der Waals surface area contributed by atoms with Crippen LogP contribution in [0.25, 0.3) is 11.5 Å². The van der Waals surface area contributed by atoms with E-state index in [2.05, 4.69) is 13.1 Å². The second-order valence-electron chi connectivity index (χ2n) is 2.40. The summed E-state index contributed by atoms with van der Waals surface area (Å²) in [4.78, 5) is 0. The Labute approximate surface area is 98.2 Å². The maximum Gasteiger partial charge on any atom is 0.247 e. The first kappa shape index (κ1) is 10.4. The van der Waals surface area contributed by atoms with Gasteiger partial charge in [-0.1, -0.05) is 11.6 Å². The van der Waals surface area contributed by atoms with Gasteiger partial charge in [0, 0.05) is 6.26 Å². The molecule has 0 bridgehead atoms. The highest BCUT2D eigenvalue weighted by Crippen LogP contribution is 2.29. The number of halogens is 1. The fourth-order valence-corrected chi connectivity index (χ4v) is 2.02. The van der Waals surface area contributed by atoms with Crippen LogP contribution in [0.4, 0.5) is 0 Å². The Morgan fingerprint density at radius 1 is 1.60 bits per heavy atom. The zero-order valence-electron chi connectivity index (χ0n) is 7.39. The quantitative estimate of drug-likeness (QED) is 0.731. The molecule has 0 N–H and O–H groups in total. The topological polar surface area (TPSA) is 75.1 Å². The molecule has 0 spiro atoms. The molecule has 2 heterocycles. The average molecular weight is 259 g/mol. The number of hydrogen-bond donors (Lipinski definition) is 0. The van der Waals surface area contributed by atoms with E-state index < -0.39 is 0 Å². The zero-order valence-corrected chi connectivity index (χ0v) is 9.78. The van der Waals surface area contributed by atoms with Crippen molar-refractivity contribution in [3.05, 3.63) is 16.3 Å². The fraction of sp³-hybridized carbons (Fsp3) is 0.143. The lowest BCUT2D eigenvalue weighted by Gasteiger charge is -1.93.